The van der Waals surface area contributed by atoms with Crippen molar-refractivity contribution in [2.45, 2.75) is 4.11 Å². The summed E-state index contributed by atoms with van der Waals surface area (Å²) in [5.74, 6) is 0.00519. The van der Waals surface area contributed by atoms with Gasteiger partial charge in [0, 0.05) is 5.56 Å². The van der Waals surface area contributed by atoms with Crippen LogP contribution in [0.25, 0.3) is 0 Å². The minimum Gasteiger partial charge on any atom is -0.293 e. The molecule has 64 valence electrons. The van der Waals surface area contributed by atoms with E-state index < -0.39 is 4.11 Å². The molecule has 0 aliphatic rings. The van der Waals surface area contributed by atoms with Gasteiger partial charge in [-0.1, -0.05) is 30.3 Å². The Morgan fingerprint density at radius 3 is 2.42 bits per heavy atom. The van der Waals surface area contributed by atoms with Crippen molar-refractivity contribution >= 4 is 51.4 Å². The Kier molecular flexibility index (Phi) is 4.44. The van der Waals surface area contributed by atoms with Gasteiger partial charge in [0.2, 0.25) is 5.78 Å². The number of Topliss-reactive ketones (excluding diaryl/α,β-unsaturated/α-hetero) is 1. The van der Waals surface area contributed by atoms with Gasteiger partial charge in [-0.2, -0.15) is 0 Å². The fourth-order valence-corrected chi connectivity index (χ4v) is 1.36. The van der Waals surface area contributed by atoms with Gasteiger partial charge in [-0.05, 0) is 22.6 Å². The number of halogens is 2. The topological polar surface area (TPSA) is 26.3 Å². The highest BCUT2D eigenvalue weighted by atomic mass is 127. The van der Waals surface area contributed by atoms with Gasteiger partial charge in [0.05, 0.1) is 0 Å². The second-order valence-electron chi connectivity index (χ2n) is 2.14. The first-order valence-electron chi connectivity index (χ1n) is 3.26. The van der Waals surface area contributed by atoms with Gasteiger partial charge in [0.25, 0.3) is 0 Å². The zero-order valence-corrected chi connectivity index (χ0v) is 10.4. The molecule has 2 nitrogen and oxygen atoms in total. The lowest BCUT2D eigenvalue weighted by molar-refractivity contribution is 0.0934. The lowest BCUT2D eigenvalue weighted by atomic mass is 10.1. The van der Waals surface area contributed by atoms with Crippen molar-refractivity contribution in [3.63, 3.8) is 0 Å². The molecule has 0 aliphatic carbocycles. The number of hydrogen-bond acceptors (Lipinski definition) is 2. The first kappa shape index (κ1) is 10.4. The smallest absolute Gasteiger partial charge is 0.202 e. The molecule has 0 saturated carbocycles. The zero-order valence-electron chi connectivity index (χ0n) is 6.04. The molecule has 1 aromatic rings. The second-order valence-corrected chi connectivity index (χ2v) is 3.78. The highest BCUT2D eigenvalue weighted by Crippen LogP contribution is 2.14. The molecule has 0 aromatic heterocycles. The third-order valence-electron chi connectivity index (χ3n) is 1.34. The number of rotatable bonds is 3. The van der Waals surface area contributed by atoms with Crippen LogP contribution in [0.15, 0.2) is 30.3 Å². The largest absolute Gasteiger partial charge is 0.293 e. The Morgan fingerprint density at radius 1 is 1.33 bits per heavy atom. The number of carbonyl (C=O) groups is 1. The van der Waals surface area contributed by atoms with Crippen LogP contribution in [0.1, 0.15) is 10.4 Å². The average molecular weight is 388 g/mol. The van der Waals surface area contributed by atoms with E-state index in [4.69, 9.17) is 3.07 Å². The van der Waals surface area contributed by atoms with Crippen molar-refractivity contribution in [1.29, 1.82) is 0 Å². The molecule has 0 N–H and O–H groups in total. The van der Waals surface area contributed by atoms with Gasteiger partial charge in [-0.3, -0.25) is 7.86 Å². The Balaban J connectivity index is 2.79. The van der Waals surface area contributed by atoms with E-state index in [0.29, 0.717) is 5.56 Å². The number of carbonyl (C=O) groups excluding carboxylic acids is 1. The fraction of sp³-hybridized carbons (Fsp3) is 0.125. The summed E-state index contributed by atoms with van der Waals surface area (Å²) < 4.78 is 4.48. The fourth-order valence-electron chi connectivity index (χ4n) is 0.774. The van der Waals surface area contributed by atoms with Crippen molar-refractivity contribution in [3.05, 3.63) is 35.9 Å². The predicted octanol–water partition coefficient (Wildman–Crippen LogP) is 3.00. The van der Waals surface area contributed by atoms with Crippen molar-refractivity contribution in [2.24, 2.45) is 0 Å². The molecule has 1 aromatic carbocycles. The van der Waals surface area contributed by atoms with E-state index in [0.717, 1.165) is 0 Å². The molecule has 4 heteroatoms. The van der Waals surface area contributed by atoms with Crippen LogP contribution < -0.4 is 0 Å². The molecule has 0 spiro atoms. The summed E-state index contributed by atoms with van der Waals surface area (Å²) in [6.45, 7) is 0. The van der Waals surface area contributed by atoms with E-state index in [9.17, 15) is 4.79 Å². The third-order valence-corrected chi connectivity index (χ3v) is 3.64. The molecule has 0 bridgehead atoms. The van der Waals surface area contributed by atoms with Gasteiger partial charge >= 0.3 is 0 Å². The molecular weight excluding hydrogens is 382 g/mol. The third kappa shape index (κ3) is 2.67. The van der Waals surface area contributed by atoms with E-state index in [1.165, 1.54) is 0 Å². The molecule has 0 aliphatic heterocycles. The van der Waals surface area contributed by atoms with Crippen molar-refractivity contribution < 1.29 is 7.86 Å². The molecule has 1 unspecified atom stereocenters. The maximum atomic E-state index is 11.4. The van der Waals surface area contributed by atoms with Crippen molar-refractivity contribution in [2.75, 3.05) is 0 Å². The van der Waals surface area contributed by atoms with E-state index in [1.54, 1.807) is 35.1 Å². The van der Waals surface area contributed by atoms with Gasteiger partial charge in [0.1, 0.15) is 23.0 Å². The Bertz CT molecular complexity index is 261. The molecule has 0 radical (unpaired) electrons. The van der Waals surface area contributed by atoms with E-state index in [2.05, 4.69) is 0 Å². The summed E-state index contributed by atoms with van der Waals surface area (Å²) in [4.78, 5) is 11.4. The van der Waals surface area contributed by atoms with Gasteiger partial charge in [-0.15, -0.1) is 0 Å². The zero-order chi connectivity index (χ0) is 8.97. The van der Waals surface area contributed by atoms with Crippen LogP contribution in [0, 0.1) is 0 Å². The molecule has 0 amide bonds. The minimum atomic E-state index is -0.398. The first-order valence-corrected chi connectivity index (χ1v) is 5.39. The Hall–Kier alpha value is 0.310. The number of hydrogen-bond donors (Lipinski definition) is 0. The van der Waals surface area contributed by atoms with Gasteiger partial charge in [-0.25, -0.2) is 0 Å². The SMILES string of the molecule is O=C(c1ccccc1)C(I)OI. The summed E-state index contributed by atoms with van der Waals surface area (Å²) in [5.41, 5.74) is 0.688. The second kappa shape index (κ2) is 5.13. The van der Waals surface area contributed by atoms with Crippen LogP contribution in [0.2, 0.25) is 0 Å². The normalized spacial score (nSPS) is 12.5. The molecule has 0 saturated heterocycles. The standard InChI is InChI=1S/C8H6I2O2/c9-8(12-10)7(11)6-4-2-1-3-5-6/h1-5,8H. The van der Waals surface area contributed by atoms with Gasteiger partial charge in [0.15, 0.2) is 4.11 Å². The molecule has 1 rings (SSSR count). The van der Waals surface area contributed by atoms with Crippen LogP contribution in [-0.2, 0) is 3.07 Å². The Morgan fingerprint density at radius 2 is 1.92 bits per heavy atom. The van der Waals surface area contributed by atoms with Crippen molar-refractivity contribution in [3.8, 4) is 0 Å². The molecule has 0 fully saturated rings. The number of ketones is 1. The molecule has 12 heavy (non-hydrogen) atoms. The molecule has 0 heterocycles. The molecular formula is C8H6I2O2. The average Bonchev–Trinajstić information content (AvgIpc) is 2.17. The Labute approximate surface area is 98.5 Å². The van der Waals surface area contributed by atoms with Crippen molar-refractivity contribution in [1.82, 2.24) is 0 Å². The quantitative estimate of drug-likeness (QED) is 0.453. The van der Waals surface area contributed by atoms with Crippen LogP contribution in [0.5, 0.6) is 0 Å². The minimum absolute atomic E-state index is 0.00519. The van der Waals surface area contributed by atoms with Crippen LogP contribution in [0.4, 0.5) is 0 Å². The summed E-state index contributed by atoms with van der Waals surface area (Å²) >= 11 is 3.68. The van der Waals surface area contributed by atoms with E-state index in [1.807, 2.05) is 40.8 Å². The van der Waals surface area contributed by atoms with E-state index in [-0.39, 0.29) is 5.78 Å². The summed E-state index contributed by atoms with van der Waals surface area (Å²) in [6, 6.07) is 9.12. The number of alkyl halides is 1. The van der Waals surface area contributed by atoms with Gasteiger partial charge < -0.3 is 0 Å². The lowest BCUT2D eigenvalue weighted by Crippen LogP contribution is -2.13. The maximum Gasteiger partial charge on any atom is 0.202 e. The summed E-state index contributed by atoms with van der Waals surface area (Å²) in [6.07, 6.45) is 0. The highest BCUT2D eigenvalue weighted by molar-refractivity contribution is 14.1. The van der Waals surface area contributed by atoms with Crippen LogP contribution in [0.3, 0.4) is 0 Å². The monoisotopic (exact) mass is 388 g/mol. The summed E-state index contributed by atoms with van der Waals surface area (Å²) in [7, 11) is 0. The summed E-state index contributed by atoms with van der Waals surface area (Å²) in [5, 5.41) is 0. The highest BCUT2D eigenvalue weighted by Gasteiger charge is 2.15. The molecule has 1 atom stereocenters. The van der Waals surface area contributed by atoms with E-state index >= 15 is 0 Å². The lowest BCUT2D eigenvalue weighted by Gasteiger charge is -2.03. The van der Waals surface area contributed by atoms with Crippen LogP contribution >= 0.6 is 45.6 Å². The predicted molar refractivity (Wildman–Crippen MR) is 63.7 cm³/mol. The number of benzene rings is 1. The maximum absolute atomic E-state index is 11.4. The van der Waals surface area contributed by atoms with Crippen LogP contribution in [-0.4, -0.2) is 9.89 Å². The first-order chi connectivity index (χ1) is 5.75.